The van der Waals surface area contributed by atoms with Crippen LogP contribution >= 0.6 is 0 Å². The van der Waals surface area contributed by atoms with Crippen LogP contribution in [0, 0.1) is 11.3 Å². The van der Waals surface area contributed by atoms with Gasteiger partial charge >= 0.3 is 0 Å². The normalized spacial score (nSPS) is 20.0. The number of aromatic nitrogens is 1. The van der Waals surface area contributed by atoms with Gasteiger partial charge < -0.3 is 9.64 Å². The second kappa shape index (κ2) is 5.65. The summed E-state index contributed by atoms with van der Waals surface area (Å²) in [6.45, 7) is 4.72. The predicted octanol–water partition coefficient (Wildman–Crippen LogP) is 1.96. The third kappa shape index (κ3) is 2.95. The van der Waals surface area contributed by atoms with Crippen molar-refractivity contribution >= 4 is 5.69 Å². The minimum absolute atomic E-state index is 0.312. The number of anilines is 1. The molecule has 1 saturated heterocycles. The van der Waals surface area contributed by atoms with E-state index >= 15 is 0 Å². The lowest BCUT2D eigenvalue weighted by Crippen LogP contribution is -2.39. The average Bonchev–Trinajstić information content (AvgIpc) is 2.40. The third-order valence-electron chi connectivity index (χ3n) is 3.00. The molecule has 0 spiro atoms. The molecule has 1 atom stereocenters. The lowest BCUT2D eigenvalue weighted by atomic mass is 10.1. The number of pyridine rings is 1. The zero-order valence-corrected chi connectivity index (χ0v) is 10.1. The van der Waals surface area contributed by atoms with Gasteiger partial charge in [0.15, 0.2) is 0 Å². The van der Waals surface area contributed by atoms with Crippen LogP contribution in [-0.4, -0.2) is 30.8 Å². The fraction of sp³-hybridized carbons (Fsp3) is 0.538. The second-order valence-electron chi connectivity index (χ2n) is 4.18. The highest BCUT2D eigenvalue weighted by Crippen LogP contribution is 2.21. The monoisotopic (exact) mass is 231 g/mol. The first-order valence-corrected chi connectivity index (χ1v) is 6.06. The summed E-state index contributed by atoms with van der Waals surface area (Å²) in [4.78, 5) is 6.26. The summed E-state index contributed by atoms with van der Waals surface area (Å²) >= 11 is 0. The van der Waals surface area contributed by atoms with Crippen LogP contribution in [0.1, 0.15) is 25.5 Å². The first kappa shape index (κ1) is 11.9. The van der Waals surface area contributed by atoms with Crippen molar-refractivity contribution in [3.8, 4) is 6.07 Å². The number of hydrogen-bond acceptors (Lipinski definition) is 4. The number of hydrogen-bond donors (Lipinski definition) is 0. The molecule has 4 heteroatoms. The zero-order chi connectivity index (χ0) is 12.1. The number of piperidine rings is 1. The molecular formula is C13H17N3O. The molecule has 0 aliphatic carbocycles. The summed E-state index contributed by atoms with van der Waals surface area (Å²) in [5.74, 6) is 0. The largest absolute Gasteiger partial charge is 0.377 e. The Labute approximate surface area is 102 Å². The van der Waals surface area contributed by atoms with Crippen molar-refractivity contribution in [2.75, 3.05) is 24.6 Å². The standard InChI is InChI=1S/C13H17N3O/c1-2-17-13-4-3-7-16(10-13)12-5-6-15-11(8-12)9-14/h5-6,8,13H,2-4,7,10H2,1H3. The first-order valence-electron chi connectivity index (χ1n) is 6.06. The Morgan fingerprint density at radius 3 is 3.29 bits per heavy atom. The fourth-order valence-corrected chi connectivity index (χ4v) is 2.22. The van der Waals surface area contributed by atoms with E-state index in [1.165, 1.54) is 0 Å². The molecule has 0 N–H and O–H groups in total. The minimum Gasteiger partial charge on any atom is -0.377 e. The van der Waals surface area contributed by atoms with Crippen LogP contribution in [0.25, 0.3) is 0 Å². The summed E-state index contributed by atoms with van der Waals surface area (Å²) in [5.41, 5.74) is 1.54. The number of nitriles is 1. The fourth-order valence-electron chi connectivity index (χ4n) is 2.22. The Kier molecular flexibility index (Phi) is 3.94. The highest BCUT2D eigenvalue weighted by Gasteiger charge is 2.20. The molecule has 17 heavy (non-hydrogen) atoms. The van der Waals surface area contributed by atoms with Gasteiger partial charge in [-0.15, -0.1) is 0 Å². The van der Waals surface area contributed by atoms with Crippen molar-refractivity contribution in [1.29, 1.82) is 5.26 Å². The zero-order valence-electron chi connectivity index (χ0n) is 10.1. The molecule has 0 saturated carbocycles. The van der Waals surface area contributed by atoms with Gasteiger partial charge in [0.05, 0.1) is 6.10 Å². The van der Waals surface area contributed by atoms with Crippen LogP contribution < -0.4 is 4.90 Å². The highest BCUT2D eigenvalue weighted by molar-refractivity contribution is 5.49. The number of nitrogens with zero attached hydrogens (tertiary/aromatic N) is 3. The lowest BCUT2D eigenvalue weighted by molar-refractivity contribution is 0.0526. The van der Waals surface area contributed by atoms with Crippen LogP contribution in [0.4, 0.5) is 5.69 Å². The van der Waals surface area contributed by atoms with Crippen molar-refractivity contribution in [3.63, 3.8) is 0 Å². The smallest absolute Gasteiger partial charge is 0.142 e. The maximum Gasteiger partial charge on any atom is 0.142 e. The van der Waals surface area contributed by atoms with E-state index in [1.54, 1.807) is 6.20 Å². The average molecular weight is 231 g/mol. The van der Waals surface area contributed by atoms with Crippen molar-refractivity contribution in [2.24, 2.45) is 0 Å². The van der Waals surface area contributed by atoms with Crippen molar-refractivity contribution in [1.82, 2.24) is 4.98 Å². The Morgan fingerprint density at radius 1 is 1.65 bits per heavy atom. The molecule has 1 unspecified atom stereocenters. The Morgan fingerprint density at radius 2 is 2.53 bits per heavy atom. The molecule has 0 radical (unpaired) electrons. The van der Waals surface area contributed by atoms with Gasteiger partial charge in [-0.25, -0.2) is 4.98 Å². The Bertz CT molecular complexity index is 411. The Balaban J connectivity index is 2.08. The van der Waals surface area contributed by atoms with E-state index in [0.29, 0.717) is 11.8 Å². The van der Waals surface area contributed by atoms with E-state index in [0.717, 1.165) is 38.2 Å². The highest BCUT2D eigenvalue weighted by atomic mass is 16.5. The van der Waals surface area contributed by atoms with Crippen molar-refractivity contribution in [3.05, 3.63) is 24.0 Å². The van der Waals surface area contributed by atoms with E-state index in [2.05, 4.69) is 16.0 Å². The molecule has 0 aromatic carbocycles. The van der Waals surface area contributed by atoms with Gasteiger partial charge in [-0.1, -0.05) is 0 Å². The van der Waals surface area contributed by atoms with Crippen LogP contribution in [0.3, 0.4) is 0 Å². The molecule has 0 bridgehead atoms. The molecule has 1 aromatic rings. The molecule has 1 aliphatic rings. The molecule has 1 aliphatic heterocycles. The summed E-state index contributed by atoms with van der Waals surface area (Å²) in [5, 5.41) is 8.84. The van der Waals surface area contributed by atoms with Gasteiger partial charge in [-0.3, -0.25) is 0 Å². The van der Waals surface area contributed by atoms with E-state index in [4.69, 9.17) is 10.00 Å². The second-order valence-corrected chi connectivity index (χ2v) is 4.18. The van der Waals surface area contributed by atoms with Gasteiger partial charge in [-0.2, -0.15) is 5.26 Å². The van der Waals surface area contributed by atoms with Gasteiger partial charge in [-0.05, 0) is 31.9 Å². The van der Waals surface area contributed by atoms with E-state index in [-0.39, 0.29) is 0 Å². The maximum absolute atomic E-state index is 8.84. The molecular weight excluding hydrogens is 214 g/mol. The van der Waals surface area contributed by atoms with E-state index in [1.807, 2.05) is 19.1 Å². The molecule has 2 rings (SSSR count). The predicted molar refractivity (Wildman–Crippen MR) is 65.8 cm³/mol. The van der Waals surface area contributed by atoms with E-state index < -0.39 is 0 Å². The van der Waals surface area contributed by atoms with Gasteiger partial charge in [0.2, 0.25) is 0 Å². The molecule has 4 nitrogen and oxygen atoms in total. The quantitative estimate of drug-likeness (QED) is 0.798. The summed E-state index contributed by atoms with van der Waals surface area (Å²) in [7, 11) is 0. The summed E-state index contributed by atoms with van der Waals surface area (Å²) in [6, 6.07) is 5.87. The lowest BCUT2D eigenvalue weighted by Gasteiger charge is -2.34. The maximum atomic E-state index is 8.84. The number of rotatable bonds is 3. The Hall–Kier alpha value is -1.60. The van der Waals surface area contributed by atoms with Gasteiger partial charge in [0, 0.05) is 31.6 Å². The minimum atomic E-state index is 0.312. The first-order chi connectivity index (χ1) is 8.33. The molecule has 1 aromatic heterocycles. The third-order valence-corrected chi connectivity index (χ3v) is 3.00. The van der Waals surface area contributed by atoms with E-state index in [9.17, 15) is 0 Å². The van der Waals surface area contributed by atoms with Crippen molar-refractivity contribution < 1.29 is 4.74 Å². The molecule has 1 fully saturated rings. The van der Waals surface area contributed by atoms with Crippen LogP contribution in [0.15, 0.2) is 18.3 Å². The topological polar surface area (TPSA) is 49.1 Å². The molecule has 0 amide bonds. The van der Waals surface area contributed by atoms with Crippen LogP contribution in [0.2, 0.25) is 0 Å². The summed E-state index contributed by atoms with van der Waals surface area (Å²) < 4.78 is 5.67. The number of ether oxygens (including phenoxy) is 1. The van der Waals surface area contributed by atoms with Gasteiger partial charge in [0.1, 0.15) is 11.8 Å². The van der Waals surface area contributed by atoms with Crippen LogP contribution in [0.5, 0.6) is 0 Å². The SMILES string of the molecule is CCOC1CCCN(c2ccnc(C#N)c2)C1. The van der Waals surface area contributed by atoms with Crippen LogP contribution in [-0.2, 0) is 4.74 Å². The molecule has 2 heterocycles. The summed E-state index contributed by atoms with van der Waals surface area (Å²) in [6.07, 6.45) is 4.26. The molecule has 90 valence electrons. The van der Waals surface area contributed by atoms with Crippen molar-refractivity contribution in [2.45, 2.75) is 25.9 Å². The van der Waals surface area contributed by atoms with Gasteiger partial charge in [0.25, 0.3) is 0 Å².